The van der Waals surface area contributed by atoms with Crippen LogP contribution in [0.5, 0.6) is 0 Å². The molecule has 1 fully saturated rings. The predicted molar refractivity (Wildman–Crippen MR) is 79.9 cm³/mol. The van der Waals surface area contributed by atoms with E-state index >= 15 is 0 Å². The molecule has 23 heavy (non-hydrogen) atoms. The highest BCUT2D eigenvalue weighted by atomic mass is 32.2. The Balaban J connectivity index is 1.88. The standard InChI is InChI=1S/C15H18FNO5S/c16-4-5-22-12-8-17(9-12)23(20,21)14-7-11(15(18)19)6-10-2-1-3-13(10)14/h6-7,12H,1-5,8-9H2,(H,18,19). The summed E-state index contributed by atoms with van der Waals surface area (Å²) in [5, 5.41) is 9.19. The number of rotatable bonds is 6. The van der Waals surface area contributed by atoms with Crippen LogP contribution in [-0.2, 0) is 27.6 Å². The molecule has 1 aromatic rings. The first kappa shape index (κ1) is 16.4. The van der Waals surface area contributed by atoms with E-state index in [1.54, 1.807) is 6.07 Å². The first-order valence-corrected chi connectivity index (χ1v) is 8.94. The van der Waals surface area contributed by atoms with Gasteiger partial charge in [0, 0.05) is 13.1 Å². The molecular weight excluding hydrogens is 325 g/mol. The molecule has 0 radical (unpaired) electrons. The van der Waals surface area contributed by atoms with Crippen molar-refractivity contribution in [2.75, 3.05) is 26.4 Å². The van der Waals surface area contributed by atoms with E-state index in [9.17, 15) is 22.7 Å². The molecule has 0 saturated carbocycles. The number of halogens is 1. The summed E-state index contributed by atoms with van der Waals surface area (Å²) in [5.74, 6) is -1.14. The molecule has 0 bridgehead atoms. The molecule has 126 valence electrons. The maximum absolute atomic E-state index is 12.8. The maximum atomic E-state index is 12.8. The van der Waals surface area contributed by atoms with Gasteiger partial charge in [0.05, 0.1) is 23.2 Å². The van der Waals surface area contributed by atoms with E-state index in [2.05, 4.69) is 0 Å². The van der Waals surface area contributed by atoms with Gasteiger partial charge in [0.1, 0.15) is 6.67 Å². The van der Waals surface area contributed by atoms with E-state index in [4.69, 9.17) is 4.74 Å². The van der Waals surface area contributed by atoms with Gasteiger partial charge < -0.3 is 9.84 Å². The summed E-state index contributed by atoms with van der Waals surface area (Å²) in [6.07, 6.45) is 1.86. The van der Waals surface area contributed by atoms with E-state index in [1.165, 1.54) is 10.4 Å². The molecule has 2 aliphatic rings. The first-order chi connectivity index (χ1) is 10.9. The quantitative estimate of drug-likeness (QED) is 0.840. The molecular formula is C15H18FNO5S. The number of aromatic carboxylic acids is 1. The van der Waals surface area contributed by atoms with Crippen LogP contribution in [0.3, 0.4) is 0 Å². The van der Waals surface area contributed by atoms with Crippen molar-refractivity contribution >= 4 is 16.0 Å². The van der Waals surface area contributed by atoms with Crippen LogP contribution in [0.15, 0.2) is 17.0 Å². The molecule has 1 aliphatic heterocycles. The number of fused-ring (bicyclic) bond motifs is 1. The highest BCUT2D eigenvalue weighted by Crippen LogP contribution is 2.33. The Hall–Kier alpha value is -1.51. The van der Waals surface area contributed by atoms with Crippen LogP contribution in [0.4, 0.5) is 4.39 Å². The van der Waals surface area contributed by atoms with Crippen molar-refractivity contribution in [2.24, 2.45) is 0 Å². The lowest BCUT2D eigenvalue weighted by Gasteiger charge is -2.37. The fourth-order valence-corrected chi connectivity index (χ4v) is 4.90. The van der Waals surface area contributed by atoms with Crippen LogP contribution < -0.4 is 0 Å². The lowest BCUT2D eigenvalue weighted by atomic mass is 10.1. The molecule has 0 spiro atoms. The zero-order chi connectivity index (χ0) is 16.6. The lowest BCUT2D eigenvalue weighted by molar-refractivity contribution is -0.0243. The predicted octanol–water partition coefficient (Wildman–Crippen LogP) is 1.23. The molecule has 0 aromatic heterocycles. The third-order valence-electron chi connectivity index (χ3n) is 4.28. The number of carbonyl (C=O) groups is 1. The number of hydrogen-bond donors (Lipinski definition) is 1. The Morgan fingerprint density at radius 2 is 2.09 bits per heavy atom. The number of sulfonamides is 1. The van der Waals surface area contributed by atoms with Gasteiger partial charge >= 0.3 is 5.97 Å². The Morgan fingerprint density at radius 1 is 1.35 bits per heavy atom. The van der Waals surface area contributed by atoms with E-state index in [0.717, 1.165) is 17.5 Å². The molecule has 1 aromatic carbocycles. The average Bonchev–Trinajstić information content (AvgIpc) is 2.92. The average molecular weight is 343 g/mol. The number of carboxylic acid groups (broad SMARTS) is 1. The molecule has 0 amide bonds. The molecule has 0 unspecified atom stereocenters. The molecule has 6 nitrogen and oxygen atoms in total. The van der Waals surface area contributed by atoms with Crippen molar-refractivity contribution in [3.8, 4) is 0 Å². The van der Waals surface area contributed by atoms with Crippen molar-refractivity contribution in [2.45, 2.75) is 30.3 Å². The Bertz CT molecular complexity index is 728. The van der Waals surface area contributed by atoms with Gasteiger partial charge in [-0.3, -0.25) is 0 Å². The summed E-state index contributed by atoms with van der Waals surface area (Å²) in [7, 11) is -3.75. The van der Waals surface area contributed by atoms with Crippen LogP contribution in [0, 0.1) is 0 Å². The molecule has 1 heterocycles. The second-order valence-electron chi connectivity index (χ2n) is 5.77. The smallest absolute Gasteiger partial charge is 0.335 e. The molecule has 3 rings (SSSR count). The van der Waals surface area contributed by atoms with Crippen LogP contribution >= 0.6 is 0 Å². The summed E-state index contributed by atoms with van der Waals surface area (Å²) >= 11 is 0. The fraction of sp³-hybridized carbons (Fsp3) is 0.533. The second kappa shape index (κ2) is 6.18. The molecule has 1 N–H and O–H groups in total. The second-order valence-corrected chi connectivity index (χ2v) is 7.68. The van der Waals surface area contributed by atoms with E-state index in [-0.39, 0.29) is 36.3 Å². The van der Waals surface area contributed by atoms with Gasteiger partial charge in [-0.25, -0.2) is 17.6 Å². The SMILES string of the molecule is O=C(O)c1cc2c(c(S(=O)(=O)N3CC(OCCF)C3)c1)CCC2. The molecule has 0 atom stereocenters. The van der Waals surface area contributed by atoms with Gasteiger partial charge in [-0.2, -0.15) is 4.31 Å². The molecule has 1 aliphatic carbocycles. The minimum atomic E-state index is -3.75. The number of alkyl halides is 1. The lowest BCUT2D eigenvalue weighted by Crippen LogP contribution is -2.54. The van der Waals surface area contributed by atoms with Gasteiger partial charge in [-0.05, 0) is 42.5 Å². The van der Waals surface area contributed by atoms with Crippen LogP contribution in [0.2, 0.25) is 0 Å². The minimum Gasteiger partial charge on any atom is -0.478 e. The van der Waals surface area contributed by atoms with Gasteiger partial charge in [0.2, 0.25) is 10.0 Å². The highest BCUT2D eigenvalue weighted by molar-refractivity contribution is 7.89. The van der Waals surface area contributed by atoms with E-state index < -0.39 is 22.7 Å². The zero-order valence-electron chi connectivity index (χ0n) is 12.5. The highest BCUT2D eigenvalue weighted by Gasteiger charge is 2.39. The fourth-order valence-electron chi connectivity index (χ4n) is 3.07. The van der Waals surface area contributed by atoms with Crippen LogP contribution in [0.1, 0.15) is 27.9 Å². The van der Waals surface area contributed by atoms with Crippen molar-refractivity contribution in [3.05, 3.63) is 28.8 Å². The third kappa shape index (κ3) is 2.98. The number of nitrogens with zero attached hydrogens (tertiary/aromatic N) is 1. The summed E-state index contributed by atoms with van der Waals surface area (Å²) < 4.78 is 44.0. The van der Waals surface area contributed by atoms with E-state index in [1.807, 2.05) is 0 Å². The van der Waals surface area contributed by atoms with Crippen molar-refractivity contribution in [1.82, 2.24) is 4.31 Å². The maximum Gasteiger partial charge on any atom is 0.335 e. The Labute approximate surface area is 133 Å². The minimum absolute atomic E-state index is 0.00465. The molecule has 8 heteroatoms. The number of hydrogen-bond acceptors (Lipinski definition) is 4. The van der Waals surface area contributed by atoms with Crippen molar-refractivity contribution in [3.63, 3.8) is 0 Å². The van der Waals surface area contributed by atoms with Crippen LogP contribution in [0.25, 0.3) is 0 Å². The number of carboxylic acids is 1. The van der Waals surface area contributed by atoms with E-state index in [0.29, 0.717) is 12.8 Å². The van der Waals surface area contributed by atoms with Crippen molar-refractivity contribution in [1.29, 1.82) is 0 Å². The van der Waals surface area contributed by atoms with Gasteiger partial charge in [-0.15, -0.1) is 0 Å². The normalized spacial score (nSPS) is 18.7. The van der Waals surface area contributed by atoms with Gasteiger partial charge in [0.25, 0.3) is 0 Å². The zero-order valence-corrected chi connectivity index (χ0v) is 13.3. The van der Waals surface area contributed by atoms with Crippen LogP contribution in [-0.4, -0.2) is 56.3 Å². The summed E-state index contributed by atoms with van der Waals surface area (Å²) in [6.45, 7) is -0.289. The summed E-state index contributed by atoms with van der Waals surface area (Å²) in [6, 6.07) is 2.81. The number of ether oxygens (including phenoxy) is 1. The van der Waals surface area contributed by atoms with Crippen molar-refractivity contribution < 1.29 is 27.4 Å². The first-order valence-electron chi connectivity index (χ1n) is 7.50. The monoisotopic (exact) mass is 343 g/mol. The Kier molecular flexibility index (Phi) is 4.39. The molecule has 1 saturated heterocycles. The Morgan fingerprint density at radius 3 is 2.74 bits per heavy atom. The third-order valence-corrected chi connectivity index (χ3v) is 6.18. The summed E-state index contributed by atoms with van der Waals surface area (Å²) in [5.41, 5.74) is 1.52. The number of benzene rings is 1. The topological polar surface area (TPSA) is 83.9 Å². The van der Waals surface area contributed by atoms with Gasteiger partial charge in [-0.1, -0.05) is 0 Å². The summed E-state index contributed by atoms with van der Waals surface area (Å²) in [4.78, 5) is 11.3. The van der Waals surface area contributed by atoms with Gasteiger partial charge in [0.15, 0.2) is 0 Å². The largest absolute Gasteiger partial charge is 0.478 e. The number of aryl methyl sites for hydroxylation is 1.